The summed E-state index contributed by atoms with van der Waals surface area (Å²) in [4.78, 5) is 38.3. The Hall–Kier alpha value is -1.92. The predicted octanol–water partition coefficient (Wildman–Crippen LogP) is 35.4. The van der Waals surface area contributed by atoms with E-state index in [1.54, 1.807) is 26.2 Å². The summed E-state index contributed by atoms with van der Waals surface area (Å²) < 4.78 is 16.9. The van der Waals surface area contributed by atoms with Crippen molar-refractivity contribution in [2.75, 3.05) is 0 Å². The monoisotopic (exact) mass is 1960 g/mol. The summed E-state index contributed by atoms with van der Waals surface area (Å²) in [5.74, 6) is 0. The molecule has 0 bridgehead atoms. The van der Waals surface area contributed by atoms with E-state index in [9.17, 15) is 0 Å². The molecule has 8 heterocycles. The van der Waals surface area contributed by atoms with Crippen molar-refractivity contribution < 1.29 is 0 Å². The van der Waals surface area contributed by atoms with Crippen LogP contribution in [0.1, 0.15) is 377 Å². The van der Waals surface area contributed by atoms with Gasteiger partial charge in [-0.25, -0.2) is 19.9 Å². The Morgan fingerprint density at radius 3 is 0.965 bits per heavy atom. The molecule has 0 radical (unpaired) electrons. The number of fused-ring (bicyclic) bond motifs is 8. The fourth-order valence-corrected chi connectivity index (χ4v) is 32.4. The topological polar surface area (TPSA) is 61.4 Å². The minimum absolute atomic E-state index is 0. The molecule has 14 heteroatoms. The van der Waals surface area contributed by atoms with E-state index in [0.717, 1.165) is 67.5 Å². The van der Waals surface area contributed by atoms with Crippen molar-refractivity contribution in [3.63, 3.8) is 0 Å². The summed E-state index contributed by atoms with van der Waals surface area (Å²) in [5.41, 5.74) is 17.0. The summed E-state index contributed by atoms with van der Waals surface area (Å²) in [5, 5.41) is 0. The van der Waals surface area contributed by atoms with Crippen LogP contribution in [-0.2, 0) is 25.9 Å². The van der Waals surface area contributed by atoms with Gasteiger partial charge in [-0.2, -0.15) is 0 Å². The number of halogens is 2. The molecule has 10 rings (SSSR count). The summed E-state index contributed by atoms with van der Waals surface area (Å²) >= 11 is 11.4. The van der Waals surface area contributed by atoms with Crippen molar-refractivity contribution in [3.8, 4) is 10.4 Å². The Labute approximate surface area is 731 Å². The van der Waals surface area contributed by atoms with Gasteiger partial charge in [0.25, 0.3) is 0 Å². The average Bonchev–Trinajstić information content (AvgIpc) is 1.57. The summed E-state index contributed by atoms with van der Waals surface area (Å²) in [6, 6.07) is 18.6. The van der Waals surface area contributed by atoms with Crippen molar-refractivity contribution in [1.29, 1.82) is 0 Å². The second-order valence-corrected chi connectivity index (χ2v) is 72.7. The van der Waals surface area contributed by atoms with Gasteiger partial charge in [0.05, 0.1) is 54.2 Å². The van der Waals surface area contributed by atoms with Gasteiger partial charge in [-0.3, -0.25) is 0 Å². The van der Waals surface area contributed by atoms with Crippen LogP contribution in [0.15, 0.2) is 57.5 Å². The molecule has 0 spiro atoms. The van der Waals surface area contributed by atoms with E-state index in [-0.39, 0.29) is 7.43 Å². The first-order valence-electron chi connectivity index (χ1n) is 46.2. The van der Waals surface area contributed by atoms with Crippen LogP contribution in [0.5, 0.6) is 0 Å². The van der Waals surface area contributed by atoms with E-state index in [2.05, 4.69) is 185 Å². The third-order valence-corrected chi connectivity index (χ3v) is 48.5. The first kappa shape index (κ1) is 98.2. The Morgan fingerprint density at radius 2 is 0.602 bits per heavy atom. The minimum atomic E-state index is -2.01. The fraction of sp³-hybridized carbons (Fsp3) is 0.677. The molecular weight excluding hydrogens is 1800 g/mol. The van der Waals surface area contributed by atoms with E-state index in [1.807, 2.05) is 34.8 Å². The summed E-state index contributed by atoms with van der Waals surface area (Å²) in [6.07, 6.45) is 69.2. The summed E-state index contributed by atoms with van der Waals surface area (Å²) in [7, 11) is 0. The van der Waals surface area contributed by atoms with Crippen molar-refractivity contribution in [1.82, 2.24) is 29.1 Å². The molecule has 0 atom stereocenters. The average molecular weight is 1960 g/mol. The number of thiophene rings is 4. The number of nitrogens with zero attached hydrogens (tertiary/aromatic N) is 6. The van der Waals surface area contributed by atoms with E-state index in [0.29, 0.717) is 0 Å². The van der Waals surface area contributed by atoms with Crippen LogP contribution >= 0.6 is 77.2 Å². The number of unbranched alkanes of at least 4 members (excludes halogenated alkanes) is 44. The van der Waals surface area contributed by atoms with Crippen molar-refractivity contribution in [2.24, 2.45) is 0 Å². The molecule has 0 saturated heterocycles. The molecule has 113 heavy (non-hydrogen) atoms. The molecule has 10 aromatic rings. The third-order valence-electron chi connectivity index (χ3n) is 23.6. The molecule has 0 N–H and O–H groups in total. The van der Waals surface area contributed by atoms with Crippen molar-refractivity contribution in [3.05, 3.63) is 90.7 Å². The van der Waals surface area contributed by atoms with E-state index >= 15 is 0 Å². The van der Waals surface area contributed by atoms with Crippen LogP contribution in [0, 0.1) is 27.7 Å². The summed E-state index contributed by atoms with van der Waals surface area (Å²) in [6.45, 7) is 20.2. The van der Waals surface area contributed by atoms with Crippen LogP contribution in [0.4, 0.5) is 0 Å². The Morgan fingerprint density at radius 1 is 0.310 bits per heavy atom. The molecule has 0 aliphatic heterocycles. The maximum atomic E-state index is 5.30. The number of rotatable bonds is 55. The molecule has 0 amide bonds. The van der Waals surface area contributed by atoms with Gasteiger partial charge in [-0.1, -0.05) is 291 Å². The van der Waals surface area contributed by atoms with Gasteiger partial charge in [0.2, 0.25) is 0 Å². The number of hydrogen-bond donors (Lipinski definition) is 0. The number of aryl methyl sites for hydroxylation is 8. The zero-order valence-electron chi connectivity index (χ0n) is 73.5. The van der Waals surface area contributed by atoms with Crippen LogP contribution in [0.25, 0.3) is 73.4 Å². The van der Waals surface area contributed by atoms with Gasteiger partial charge in [0, 0.05) is 30.8 Å². The normalized spacial score (nSPS) is 12.1. The van der Waals surface area contributed by atoms with Gasteiger partial charge >= 0.3 is 184 Å². The van der Waals surface area contributed by atoms with Gasteiger partial charge in [-0.15, -0.1) is 22.7 Å². The predicted molar refractivity (Wildman–Crippen MR) is 527 cm³/mol. The van der Waals surface area contributed by atoms with Crippen molar-refractivity contribution in [2.45, 2.75) is 427 Å². The molecular formula is C99H158Br2N6S4Sn2. The first-order chi connectivity index (χ1) is 54.3. The quantitative estimate of drug-likeness (QED) is 0.0282. The number of aromatic nitrogens is 6. The second-order valence-electron chi connectivity index (χ2n) is 35.8. The SMILES string of the molecule is C.CCCCCCCCCCCCCCCCCCCCc1nc2c(Br)ccc(Br)c2nc1C.CCCCCCCCCCCCCCCCCCCCc1nc2c(C)ccc(-c3cc4c(s3)c3sc(C)cc3n4CCCCCCCC)c2nc1C.CCCCCCCCn1c2c[c]([Sn]([CH3])([CH3])[CH3])sc2c2s[c]([Sn]([CH3])([CH3])[CH3])cc21. The number of hydrogen-bond acceptors (Lipinski definition) is 8. The molecule has 0 unspecified atom stereocenters. The van der Waals surface area contributed by atoms with Gasteiger partial charge in [0.1, 0.15) is 11.0 Å². The third kappa shape index (κ3) is 32.1. The molecule has 8 aromatic heterocycles. The fourth-order valence-electron chi connectivity index (χ4n) is 16.4. The molecule has 0 aliphatic rings. The molecule has 0 aliphatic carbocycles. The van der Waals surface area contributed by atoms with Crippen LogP contribution < -0.4 is 5.79 Å². The molecule has 6 nitrogen and oxygen atoms in total. The molecule has 0 fully saturated rings. The van der Waals surface area contributed by atoms with Gasteiger partial charge in [0.15, 0.2) is 0 Å². The van der Waals surface area contributed by atoms with E-state index in [4.69, 9.17) is 19.9 Å². The second kappa shape index (κ2) is 53.8. The first-order valence-corrected chi connectivity index (χ1v) is 71.1. The van der Waals surface area contributed by atoms with Gasteiger partial charge < -0.3 is 4.57 Å². The Kier molecular flexibility index (Phi) is 46.7. The van der Waals surface area contributed by atoms with E-state index < -0.39 is 36.8 Å². The standard InChI is InChI=1S/C47H71N3S2.C29H46Br2N2.C16H19NS2.CH4.6CH3.2Sn/c1-6-8-10-12-14-15-16-17-18-19-20-21-22-23-24-25-26-28-30-40-38(5)48-45-39(32-31-36(3)44(45)49-40)43-35-42-47(52-43)46-41(34-37(4)51-46)50(42)33-29-27-13-11-9-7-2;1-3-4-5-6-7-8-9-10-11-12-13-14-15-16-17-18-19-20-21-27-24(2)32-28-25(30)22-23-26(31)29(28)33-27;1-2-3-4-5-6-7-10-17-13-8-11-18-15(13)16-14(17)9-12-19-16;;;;;;;;;/h31-32,34-35H,6-30,33H2,1-5H3;22-23H,3-21H2,1-2H3;8-9H,2-7,10H2,1H3;1H4;6*1H3;;. The Bertz CT molecular complexity index is 4240. The molecule has 630 valence electrons. The molecule has 2 aromatic carbocycles. The van der Waals surface area contributed by atoms with Gasteiger partial charge in [-0.05, 0) is 121 Å². The Balaban J connectivity index is 0.000000250. The van der Waals surface area contributed by atoms with Crippen LogP contribution in [-0.4, -0.2) is 65.8 Å². The maximum absolute atomic E-state index is 5.30. The van der Waals surface area contributed by atoms with Crippen LogP contribution in [0.2, 0.25) is 29.6 Å². The molecule has 0 saturated carbocycles. The van der Waals surface area contributed by atoms with Crippen molar-refractivity contribution >= 4 is 183 Å². The van der Waals surface area contributed by atoms with E-state index in [1.165, 1.54) is 362 Å². The van der Waals surface area contributed by atoms with Crippen LogP contribution in [0.3, 0.4) is 0 Å². The number of benzene rings is 2. The zero-order valence-corrected chi connectivity index (χ0v) is 85.6. The zero-order chi connectivity index (χ0) is 80.1.